The van der Waals surface area contributed by atoms with Crippen molar-refractivity contribution in [2.24, 2.45) is 0 Å². The highest BCUT2D eigenvalue weighted by Crippen LogP contribution is 2.19. The molecule has 0 atom stereocenters. The number of benzene rings is 1. The second-order valence-electron chi connectivity index (χ2n) is 6.37. The fourth-order valence-electron chi connectivity index (χ4n) is 2.44. The maximum Gasteiger partial charge on any atom is 0.236 e. The molecule has 0 N–H and O–H groups in total. The van der Waals surface area contributed by atoms with Gasteiger partial charge in [0.05, 0.1) is 6.54 Å². The normalized spacial score (nSPS) is 11.3. The van der Waals surface area contributed by atoms with Gasteiger partial charge in [0.25, 0.3) is 0 Å². The molecule has 0 bridgehead atoms. The van der Waals surface area contributed by atoms with Gasteiger partial charge in [0.15, 0.2) is 0 Å². The summed E-state index contributed by atoms with van der Waals surface area (Å²) in [4.78, 5) is 17.6. The molecule has 0 aliphatic rings. The molecule has 2 aromatic rings. The van der Waals surface area contributed by atoms with Crippen molar-refractivity contribution in [2.75, 3.05) is 13.6 Å². The van der Waals surface area contributed by atoms with Crippen LogP contribution in [0.3, 0.4) is 0 Å². The van der Waals surface area contributed by atoms with Crippen LogP contribution in [-0.4, -0.2) is 35.3 Å². The summed E-state index contributed by atoms with van der Waals surface area (Å²) in [6.07, 6.45) is 0. The summed E-state index contributed by atoms with van der Waals surface area (Å²) in [5.74, 6) is -0.270. The maximum atomic E-state index is 13.8. The first-order valence-corrected chi connectivity index (χ1v) is 9.01. The molecule has 0 spiro atoms. The zero-order valence-corrected chi connectivity index (χ0v) is 15.6. The summed E-state index contributed by atoms with van der Waals surface area (Å²) in [7, 11) is 1.73. The molecule has 130 valence electrons. The molecule has 0 saturated heterocycles. The van der Waals surface area contributed by atoms with Crippen LogP contribution in [0.4, 0.5) is 4.39 Å². The third-order valence-electron chi connectivity index (χ3n) is 4.17. The van der Waals surface area contributed by atoms with Crippen molar-refractivity contribution in [1.82, 2.24) is 9.80 Å². The van der Waals surface area contributed by atoms with Crippen LogP contribution in [0.25, 0.3) is 0 Å². The SMILES string of the molecule is Cc1ccsc1CN(CC(=O)N(C)Cc1ccccc1F)C(C)C. The number of carbonyl (C=O) groups is 1. The van der Waals surface area contributed by atoms with E-state index in [2.05, 4.69) is 37.1 Å². The van der Waals surface area contributed by atoms with Crippen LogP contribution in [0.2, 0.25) is 0 Å². The first kappa shape index (κ1) is 18.6. The number of halogens is 1. The van der Waals surface area contributed by atoms with E-state index in [1.807, 2.05) is 0 Å². The molecule has 0 saturated carbocycles. The number of carbonyl (C=O) groups excluding carboxylic acids is 1. The minimum Gasteiger partial charge on any atom is -0.340 e. The van der Waals surface area contributed by atoms with E-state index in [1.165, 1.54) is 16.5 Å². The zero-order chi connectivity index (χ0) is 17.7. The molecule has 1 aromatic carbocycles. The van der Waals surface area contributed by atoms with Gasteiger partial charge < -0.3 is 4.90 Å². The Balaban J connectivity index is 1.99. The lowest BCUT2D eigenvalue weighted by atomic mass is 10.2. The largest absolute Gasteiger partial charge is 0.340 e. The van der Waals surface area contributed by atoms with E-state index >= 15 is 0 Å². The van der Waals surface area contributed by atoms with Gasteiger partial charge in [0.2, 0.25) is 5.91 Å². The van der Waals surface area contributed by atoms with Crippen LogP contribution in [-0.2, 0) is 17.9 Å². The molecule has 3 nitrogen and oxygen atoms in total. The third-order valence-corrected chi connectivity index (χ3v) is 5.18. The Hall–Kier alpha value is -1.72. The number of hydrogen-bond acceptors (Lipinski definition) is 3. The third kappa shape index (κ3) is 4.89. The summed E-state index contributed by atoms with van der Waals surface area (Å²) < 4.78 is 13.8. The molecular weight excluding hydrogens is 323 g/mol. The van der Waals surface area contributed by atoms with E-state index in [4.69, 9.17) is 0 Å². The van der Waals surface area contributed by atoms with E-state index in [9.17, 15) is 9.18 Å². The molecular formula is C19H25FN2OS. The van der Waals surface area contributed by atoms with E-state index < -0.39 is 0 Å². The van der Waals surface area contributed by atoms with Crippen molar-refractivity contribution in [3.8, 4) is 0 Å². The van der Waals surface area contributed by atoms with E-state index in [-0.39, 0.29) is 24.3 Å². The number of amides is 1. The topological polar surface area (TPSA) is 23.6 Å². The Morgan fingerprint density at radius 1 is 1.21 bits per heavy atom. The second-order valence-corrected chi connectivity index (χ2v) is 7.37. The van der Waals surface area contributed by atoms with Crippen LogP contribution in [0.15, 0.2) is 35.7 Å². The molecule has 1 aromatic heterocycles. The lowest BCUT2D eigenvalue weighted by molar-refractivity contribution is -0.132. The lowest BCUT2D eigenvalue weighted by Crippen LogP contribution is -2.41. The number of rotatable bonds is 7. The summed E-state index contributed by atoms with van der Waals surface area (Å²) >= 11 is 1.72. The minimum atomic E-state index is -0.271. The minimum absolute atomic E-state index is 0.00108. The van der Waals surface area contributed by atoms with Crippen molar-refractivity contribution in [3.05, 3.63) is 57.5 Å². The highest BCUT2D eigenvalue weighted by atomic mass is 32.1. The lowest BCUT2D eigenvalue weighted by Gasteiger charge is -2.28. The Bertz CT molecular complexity index is 684. The molecule has 0 aliphatic heterocycles. The van der Waals surface area contributed by atoms with Gasteiger partial charge in [0.1, 0.15) is 5.82 Å². The molecule has 1 heterocycles. The number of likely N-dealkylation sites (N-methyl/N-ethyl adjacent to an activating group) is 1. The van der Waals surface area contributed by atoms with E-state index in [1.54, 1.807) is 41.5 Å². The predicted molar refractivity (Wildman–Crippen MR) is 97.5 cm³/mol. The van der Waals surface area contributed by atoms with Gasteiger partial charge in [0, 0.05) is 36.6 Å². The standard InChI is InChI=1S/C19H25FN2OS/c1-14(2)22(12-18-15(3)9-10-24-18)13-19(23)21(4)11-16-7-5-6-8-17(16)20/h5-10,14H,11-13H2,1-4H3. The molecule has 5 heteroatoms. The first-order chi connectivity index (χ1) is 11.4. The molecule has 0 fully saturated rings. The number of hydrogen-bond donors (Lipinski definition) is 0. The average Bonchev–Trinajstić information content (AvgIpc) is 2.93. The van der Waals surface area contributed by atoms with Crippen LogP contribution >= 0.6 is 11.3 Å². The van der Waals surface area contributed by atoms with Gasteiger partial charge in [-0.05, 0) is 43.8 Å². The van der Waals surface area contributed by atoms with Crippen LogP contribution in [0.1, 0.15) is 29.9 Å². The fraction of sp³-hybridized carbons (Fsp3) is 0.421. The van der Waals surface area contributed by atoms with Crippen LogP contribution < -0.4 is 0 Å². The van der Waals surface area contributed by atoms with Crippen molar-refractivity contribution in [3.63, 3.8) is 0 Å². The van der Waals surface area contributed by atoms with Gasteiger partial charge in [-0.25, -0.2) is 4.39 Å². The van der Waals surface area contributed by atoms with E-state index in [0.717, 1.165) is 6.54 Å². The van der Waals surface area contributed by atoms with Crippen LogP contribution in [0, 0.1) is 12.7 Å². The van der Waals surface area contributed by atoms with Crippen LogP contribution in [0.5, 0.6) is 0 Å². The summed E-state index contributed by atoms with van der Waals surface area (Å²) in [5, 5.41) is 2.08. The van der Waals surface area contributed by atoms with Gasteiger partial charge in [-0.3, -0.25) is 9.69 Å². The molecule has 2 rings (SSSR count). The van der Waals surface area contributed by atoms with Gasteiger partial charge >= 0.3 is 0 Å². The fourth-order valence-corrected chi connectivity index (χ4v) is 3.37. The second kappa shape index (κ2) is 8.40. The Kier molecular flexibility index (Phi) is 6.52. The highest BCUT2D eigenvalue weighted by Gasteiger charge is 2.19. The number of nitrogens with zero attached hydrogens (tertiary/aromatic N) is 2. The Labute approximate surface area is 147 Å². The summed E-state index contributed by atoms with van der Waals surface area (Å²) in [6.45, 7) is 7.66. The molecule has 1 amide bonds. The van der Waals surface area contributed by atoms with E-state index in [0.29, 0.717) is 12.1 Å². The van der Waals surface area contributed by atoms with Crippen molar-refractivity contribution >= 4 is 17.2 Å². The average molecular weight is 348 g/mol. The Morgan fingerprint density at radius 3 is 2.50 bits per heavy atom. The maximum absolute atomic E-state index is 13.8. The van der Waals surface area contributed by atoms with Crippen molar-refractivity contribution < 1.29 is 9.18 Å². The summed E-state index contributed by atoms with van der Waals surface area (Å²) in [6, 6.07) is 8.95. The molecule has 24 heavy (non-hydrogen) atoms. The Morgan fingerprint density at radius 2 is 1.92 bits per heavy atom. The number of thiophene rings is 1. The van der Waals surface area contributed by atoms with Gasteiger partial charge in [-0.2, -0.15) is 0 Å². The number of aryl methyl sites for hydroxylation is 1. The molecule has 0 aliphatic carbocycles. The smallest absolute Gasteiger partial charge is 0.236 e. The first-order valence-electron chi connectivity index (χ1n) is 8.13. The zero-order valence-electron chi connectivity index (χ0n) is 14.8. The summed E-state index contributed by atoms with van der Waals surface area (Å²) in [5.41, 5.74) is 1.80. The highest BCUT2D eigenvalue weighted by molar-refractivity contribution is 7.10. The van der Waals surface area contributed by atoms with Crippen molar-refractivity contribution in [1.29, 1.82) is 0 Å². The molecule has 0 unspecified atom stereocenters. The van der Waals surface area contributed by atoms with Gasteiger partial charge in [-0.15, -0.1) is 11.3 Å². The monoisotopic (exact) mass is 348 g/mol. The van der Waals surface area contributed by atoms with Gasteiger partial charge in [-0.1, -0.05) is 18.2 Å². The predicted octanol–water partition coefficient (Wildman–Crippen LogP) is 4.06. The van der Waals surface area contributed by atoms with Crippen molar-refractivity contribution in [2.45, 2.75) is 39.9 Å². The molecule has 0 radical (unpaired) electrons. The quantitative estimate of drug-likeness (QED) is 0.753.